The maximum Gasteiger partial charge on any atom is 0.257 e. The van der Waals surface area contributed by atoms with Crippen molar-refractivity contribution in [2.45, 2.75) is 6.92 Å². The third-order valence-corrected chi connectivity index (χ3v) is 4.46. The number of morpholine rings is 1. The van der Waals surface area contributed by atoms with Crippen molar-refractivity contribution in [2.24, 2.45) is 0 Å². The molecule has 0 saturated carbocycles. The molecule has 0 atom stereocenters. The van der Waals surface area contributed by atoms with Gasteiger partial charge in [-0.25, -0.2) is 4.98 Å². The molecule has 2 N–H and O–H groups in total. The van der Waals surface area contributed by atoms with E-state index in [0.29, 0.717) is 54.3 Å². The van der Waals surface area contributed by atoms with Crippen molar-refractivity contribution in [1.82, 2.24) is 25.3 Å². The molecular formula is C18H18N6O3. The molecular weight excluding hydrogens is 348 g/mol. The number of rotatable bonds is 3. The van der Waals surface area contributed by atoms with E-state index in [4.69, 9.17) is 4.74 Å². The van der Waals surface area contributed by atoms with Gasteiger partial charge in [0.1, 0.15) is 5.52 Å². The van der Waals surface area contributed by atoms with Gasteiger partial charge in [0.05, 0.1) is 18.8 Å². The van der Waals surface area contributed by atoms with Crippen LogP contribution in [0.2, 0.25) is 0 Å². The van der Waals surface area contributed by atoms with E-state index in [1.807, 2.05) is 13.0 Å². The third-order valence-electron chi connectivity index (χ3n) is 4.46. The van der Waals surface area contributed by atoms with Gasteiger partial charge in [-0.05, 0) is 30.7 Å². The number of anilines is 1. The Hall–Kier alpha value is -3.33. The molecule has 0 unspecified atom stereocenters. The molecule has 27 heavy (non-hydrogen) atoms. The average Bonchev–Trinajstić information content (AvgIpc) is 3.17. The van der Waals surface area contributed by atoms with Crippen LogP contribution in [0.1, 0.15) is 26.3 Å². The topological polar surface area (TPSA) is 113 Å². The number of aromatic nitrogens is 4. The number of pyridine rings is 1. The first kappa shape index (κ1) is 17.1. The van der Waals surface area contributed by atoms with Crippen LogP contribution >= 0.6 is 0 Å². The SMILES string of the molecule is Cc1ccc(NC(=O)c2cnc3n[nH]nc3c2)cc1C(=O)N1CCOCC1. The van der Waals surface area contributed by atoms with Crippen molar-refractivity contribution >= 4 is 28.7 Å². The second kappa shape index (κ2) is 7.12. The summed E-state index contributed by atoms with van der Waals surface area (Å²) in [6.45, 7) is 4.09. The van der Waals surface area contributed by atoms with Crippen molar-refractivity contribution in [3.8, 4) is 0 Å². The molecule has 3 aromatic rings. The summed E-state index contributed by atoms with van der Waals surface area (Å²) in [6, 6.07) is 6.90. The number of hydrogen-bond donors (Lipinski definition) is 2. The Morgan fingerprint density at radius 2 is 2.00 bits per heavy atom. The third kappa shape index (κ3) is 3.49. The lowest BCUT2D eigenvalue weighted by molar-refractivity contribution is 0.0302. The van der Waals surface area contributed by atoms with Crippen molar-refractivity contribution < 1.29 is 14.3 Å². The summed E-state index contributed by atoms with van der Waals surface area (Å²) in [7, 11) is 0. The minimum absolute atomic E-state index is 0.0578. The van der Waals surface area contributed by atoms with Crippen LogP contribution in [0.15, 0.2) is 30.5 Å². The number of benzene rings is 1. The van der Waals surface area contributed by atoms with Gasteiger partial charge in [0, 0.05) is 30.5 Å². The molecule has 9 nitrogen and oxygen atoms in total. The quantitative estimate of drug-likeness (QED) is 0.724. The molecule has 2 aromatic heterocycles. The van der Waals surface area contributed by atoms with Crippen LogP contribution in [-0.2, 0) is 4.74 Å². The molecule has 1 aliphatic rings. The van der Waals surface area contributed by atoms with Gasteiger partial charge in [-0.1, -0.05) is 6.07 Å². The van der Waals surface area contributed by atoms with E-state index in [9.17, 15) is 9.59 Å². The molecule has 2 amide bonds. The number of aromatic amines is 1. The van der Waals surface area contributed by atoms with Gasteiger partial charge < -0.3 is 15.0 Å². The second-order valence-electron chi connectivity index (χ2n) is 6.28. The maximum atomic E-state index is 12.8. The molecule has 1 aromatic carbocycles. The van der Waals surface area contributed by atoms with Gasteiger partial charge in [-0.2, -0.15) is 10.3 Å². The maximum absolute atomic E-state index is 12.8. The molecule has 1 fully saturated rings. The lowest BCUT2D eigenvalue weighted by Crippen LogP contribution is -2.41. The summed E-state index contributed by atoms with van der Waals surface area (Å²) in [4.78, 5) is 31.2. The Morgan fingerprint density at radius 3 is 2.81 bits per heavy atom. The summed E-state index contributed by atoms with van der Waals surface area (Å²) in [5.74, 6) is -0.390. The van der Waals surface area contributed by atoms with Crippen molar-refractivity contribution in [1.29, 1.82) is 0 Å². The van der Waals surface area contributed by atoms with Crippen LogP contribution in [0.4, 0.5) is 5.69 Å². The zero-order chi connectivity index (χ0) is 18.8. The molecule has 0 radical (unpaired) electrons. The molecule has 1 aliphatic heterocycles. The molecule has 0 aliphatic carbocycles. The zero-order valence-electron chi connectivity index (χ0n) is 14.7. The number of ether oxygens (including phenoxy) is 1. The summed E-state index contributed by atoms with van der Waals surface area (Å²) < 4.78 is 5.30. The number of H-pyrrole nitrogens is 1. The smallest absolute Gasteiger partial charge is 0.257 e. The first-order valence-electron chi connectivity index (χ1n) is 8.57. The molecule has 1 saturated heterocycles. The highest BCUT2D eigenvalue weighted by molar-refractivity contribution is 6.06. The molecule has 4 rings (SSSR count). The van der Waals surface area contributed by atoms with Crippen LogP contribution in [0.3, 0.4) is 0 Å². The van der Waals surface area contributed by atoms with Crippen LogP contribution in [0.5, 0.6) is 0 Å². The second-order valence-corrected chi connectivity index (χ2v) is 6.28. The van der Waals surface area contributed by atoms with Crippen LogP contribution in [-0.4, -0.2) is 63.4 Å². The summed E-state index contributed by atoms with van der Waals surface area (Å²) >= 11 is 0. The van der Waals surface area contributed by atoms with Gasteiger partial charge >= 0.3 is 0 Å². The van der Waals surface area contributed by atoms with E-state index in [1.54, 1.807) is 23.1 Å². The number of amides is 2. The predicted molar refractivity (Wildman–Crippen MR) is 97.5 cm³/mol. The van der Waals surface area contributed by atoms with E-state index in [1.165, 1.54) is 6.20 Å². The molecule has 3 heterocycles. The Balaban J connectivity index is 1.55. The van der Waals surface area contributed by atoms with E-state index in [0.717, 1.165) is 5.56 Å². The molecule has 0 bridgehead atoms. The number of carbonyl (C=O) groups excluding carboxylic acids is 2. The van der Waals surface area contributed by atoms with Crippen molar-refractivity contribution in [3.05, 3.63) is 47.2 Å². The Labute approximate surface area is 154 Å². The van der Waals surface area contributed by atoms with E-state index < -0.39 is 0 Å². The zero-order valence-corrected chi connectivity index (χ0v) is 14.7. The van der Waals surface area contributed by atoms with Crippen molar-refractivity contribution in [2.75, 3.05) is 31.6 Å². The fourth-order valence-corrected chi connectivity index (χ4v) is 2.93. The van der Waals surface area contributed by atoms with Crippen molar-refractivity contribution in [3.63, 3.8) is 0 Å². The van der Waals surface area contributed by atoms with Gasteiger partial charge in [0.2, 0.25) is 5.65 Å². The van der Waals surface area contributed by atoms with E-state index in [2.05, 4.69) is 25.7 Å². The molecule has 0 spiro atoms. The average molecular weight is 366 g/mol. The first-order valence-corrected chi connectivity index (χ1v) is 8.57. The Bertz CT molecular complexity index is 1010. The number of nitrogens with one attached hydrogen (secondary N) is 2. The highest BCUT2D eigenvalue weighted by atomic mass is 16.5. The normalized spacial score (nSPS) is 14.3. The minimum atomic E-state index is -0.332. The summed E-state index contributed by atoms with van der Waals surface area (Å²) in [5.41, 5.74) is 3.28. The standard InChI is InChI=1S/C18H18N6O3/c1-11-2-3-13(9-14(11)18(26)24-4-6-27-7-5-24)20-17(25)12-8-15-16(19-10-12)22-23-21-15/h2-3,8-10H,4-7H2,1H3,(H,20,25)(H,19,21,22,23). The number of hydrogen-bond acceptors (Lipinski definition) is 6. The summed E-state index contributed by atoms with van der Waals surface area (Å²) in [5, 5.41) is 13.1. The van der Waals surface area contributed by atoms with Gasteiger partial charge in [0.15, 0.2) is 0 Å². The van der Waals surface area contributed by atoms with Gasteiger partial charge in [-0.3, -0.25) is 9.59 Å². The number of carbonyl (C=O) groups is 2. The van der Waals surface area contributed by atoms with Gasteiger partial charge in [0.25, 0.3) is 11.8 Å². The first-order chi connectivity index (χ1) is 13.1. The highest BCUT2D eigenvalue weighted by Gasteiger charge is 2.20. The lowest BCUT2D eigenvalue weighted by atomic mass is 10.1. The Morgan fingerprint density at radius 1 is 1.19 bits per heavy atom. The van der Waals surface area contributed by atoms with Crippen LogP contribution in [0, 0.1) is 6.92 Å². The molecule has 138 valence electrons. The van der Waals surface area contributed by atoms with E-state index in [-0.39, 0.29) is 11.8 Å². The molecule has 9 heteroatoms. The van der Waals surface area contributed by atoms with Gasteiger partial charge in [-0.15, -0.1) is 5.10 Å². The van der Waals surface area contributed by atoms with E-state index >= 15 is 0 Å². The fraction of sp³-hybridized carbons (Fsp3) is 0.278. The number of aryl methyl sites for hydroxylation is 1. The fourth-order valence-electron chi connectivity index (χ4n) is 2.93. The number of nitrogens with zero attached hydrogens (tertiary/aromatic N) is 4. The van der Waals surface area contributed by atoms with Crippen LogP contribution < -0.4 is 5.32 Å². The van der Waals surface area contributed by atoms with Crippen LogP contribution in [0.25, 0.3) is 11.2 Å². The Kier molecular flexibility index (Phi) is 4.51. The lowest BCUT2D eigenvalue weighted by Gasteiger charge is -2.27. The summed E-state index contributed by atoms with van der Waals surface area (Å²) in [6.07, 6.45) is 1.44. The highest BCUT2D eigenvalue weighted by Crippen LogP contribution is 2.19. The monoisotopic (exact) mass is 366 g/mol. The predicted octanol–water partition coefficient (Wildman–Crippen LogP) is 1.39. The largest absolute Gasteiger partial charge is 0.378 e. The number of fused-ring (bicyclic) bond motifs is 1. The minimum Gasteiger partial charge on any atom is -0.378 e.